The molecule has 8 heteroatoms. The van der Waals surface area contributed by atoms with Crippen molar-refractivity contribution in [1.82, 2.24) is 0 Å². The van der Waals surface area contributed by atoms with Gasteiger partial charge in [0.15, 0.2) is 6.10 Å². The molecule has 0 bridgehead atoms. The molecule has 0 spiro atoms. The zero-order valence-corrected chi connectivity index (χ0v) is 18.2. The van der Waals surface area contributed by atoms with Gasteiger partial charge in [0.1, 0.15) is 5.92 Å². The van der Waals surface area contributed by atoms with Gasteiger partial charge in [-0.3, -0.25) is 14.4 Å². The molecule has 0 aromatic heterocycles. The number of hydrogen-bond donors (Lipinski definition) is 0. The Labute approximate surface area is 193 Å². The molecule has 0 N–H and O–H groups in total. The lowest BCUT2D eigenvalue weighted by atomic mass is 9.90. The second-order valence-corrected chi connectivity index (χ2v) is 8.54. The first-order valence-electron chi connectivity index (χ1n) is 9.55. The van der Waals surface area contributed by atoms with Gasteiger partial charge in [-0.1, -0.05) is 71.2 Å². The first kappa shape index (κ1) is 20.3. The average Bonchev–Trinajstić information content (AvgIpc) is 3.26. The van der Waals surface area contributed by atoms with E-state index in [0.29, 0.717) is 32.0 Å². The van der Waals surface area contributed by atoms with Crippen LogP contribution in [-0.4, -0.2) is 17.9 Å². The predicted octanol–water partition coefficient (Wildman–Crippen LogP) is 5.70. The first-order valence-corrected chi connectivity index (χ1v) is 10.7. The largest absolute Gasteiger partial charge is 0.273 e. The van der Waals surface area contributed by atoms with Gasteiger partial charge in [-0.2, -0.15) is 0 Å². The van der Waals surface area contributed by atoms with Gasteiger partial charge in [0.2, 0.25) is 5.91 Å². The van der Waals surface area contributed by atoms with Gasteiger partial charge in [0, 0.05) is 10.0 Å². The van der Waals surface area contributed by atoms with Gasteiger partial charge in [-0.05, 0) is 42.0 Å². The summed E-state index contributed by atoms with van der Waals surface area (Å²) in [5, 5.41) is 2.76. The maximum absolute atomic E-state index is 13.6. The van der Waals surface area contributed by atoms with Crippen molar-refractivity contribution in [1.29, 1.82) is 0 Å². The zero-order valence-electron chi connectivity index (χ0n) is 15.9. The Hall–Kier alpha value is -2.57. The van der Waals surface area contributed by atoms with Gasteiger partial charge in [0.05, 0.1) is 22.4 Å². The van der Waals surface area contributed by atoms with Gasteiger partial charge < -0.3 is 0 Å². The molecule has 156 valence electrons. The van der Waals surface area contributed by atoms with E-state index in [1.54, 1.807) is 47.5 Å². The molecular weight excluding hydrogens is 459 g/mol. The smallest absolute Gasteiger partial charge is 0.266 e. The van der Waals surface area contributed by atoms with Crippen LogP contribution in [0.3, 0.4) is 0 Å². The van der Waals surface area contributed by atoms with Crippen LogP contribution in [0.4, 0.5) is 11.4 Å². The number of hydrogen-bond acceptors (Lipinski definition) is 4. The molecule has 0 radical (unpaired) electrons. The number of rotatable bonds is 3. The van der Waals surface area contributed by atoms with Crippen molar-refractivity contribution in [2.45, 2.75) is 12.1 Å². The summed E-state index contributed by atoms with van der Waals surface area (Å²) in [5.41, 5.74) is 1.69. The van der Waals surface area contributed by atoms with Crippen LogP contribution in [-0.2, 0) is 14.4 Å². The second kappa shape index (κ2) is 7.84. The van der Waals surface area contributed by atoms with Crippen LogP contribution >= 0.6 is 34.8 Å². The summed E-state index contributed by atoms with van der Waals surface area (Å²) < 4.78 is 0. The van der Waals surface area contributed by atoms with Crippen molar-refractivity contribution in [2.75, 3.05) is 9.96 Å². The zero-order chi connectivity index (χ0) is 21.7. The quantitative estimate of drug-likeness (QED) is 0.458. The molecule has 2 fully saturated rings. The van der Waals surface area contributed by atoms with Crippen LogP contribution in [0, 0.1) is 5.92 Å². The lowest BCUT2D eigenvalue weighted by Gasteiger charge is -2.29. The van der Waals surface area contributed by atoms with Crippen LogP contribution in [0.15, 0.2) is 72.8 Å². The molecule has 5 rings (SSSR count). The van der Waals surface area contributed by atoms with E-state index >= 15 is 0 Å². The van der Waals surface area contributed by atoms with Crippen LogP contribution in [0.25, 0.3) is 0 Å². The van der Waals surface area contributed by atoms with Crippen molar-refractivity contribution in [2.24, 2.45) is 5.92 Å². The molecule has 3 atom stereocenters. The van der Waals surface area contributed by atoms with Crippen molar-refractivity contribution in [3.63, 3.8) is 0 Å². The van der Waals surface area contributed by atoms with Gasteiger partial charge in [-0.15, -0.1) is 0 Å². The Morgan fingerprint density at radius 1 is 0.774 bits per heavy atom. The maximum Gasteiger partial charge on any atom is 0.266 e. The molecule has 2 saturated heterocycles. The lowest BCUT2D eigenvalue weighted by Crippen LogP contribution is -2.37. The van der Waals surface area contributed by atoms with Gasteiger partial charge in [0.25, 0.3) is 5.91 Å². The Bertz CT molecular complexity index is 1190. The van der Waals surface area contributed by atoms with Crippen LogP contribution in [0.1, 0.15) is 11.6 Å². The van der Waals surface area contributed by atoms with Crippen LogP contribution < -0.4 is 9.96 Å². The molecule has 2 aliphatic rings. The minimum atomic E-state index is -0.999. The molecule has 5 nitrogen and oxygen atoms in total. The number of fused-ring (bicyclic) bond motifs is 1. The number of hydroxylamine groups is 1. The number of anilines is 2. The fraction of sp³-hybridized carbons (Fsp3) is 0.130. The summed E-state index contributed by atoms with van der Waals surface area (Å²) in [6.45, 7) is 0. The highest BCUT2D eigenvalue weighted by atomic mass is 35.5. The number of halogens is 3. The van der Waals surface area contributed by atoms with E-state index in [-0.39, 0.29) is 0 Å². The van der Waals surface area contributed by atoms with E-state index in [4.69, 9.17) is 39.6 Å². The fourth-order valence-electron chi connectivity index (χ4n) is 4.14. The number of carbonyl (C=O) groups is 2. The Morgan fingerprint density at radius 2 is 1.48 bits per heavy atom. The SMILES string of the molecule is O=C1[C@@H]2[C@@H](ON(c3ccccc3)[C@H]2c2ccc(Cl)cc2Cl)C(=O)N1c1ccccc1Cl. The highest BCUT2D eigenvalue weighted by Crippen LogP contribution is 2.49. The molecule has 2 heterocycles. The second-order valence-electron chi connectivity index (χ2n) is 7.29. The number of para-hydroxylation sites is 2. The summed E-state index contributed by atoms with van der Waals surface area (Å²) >= 11 is 18.9. The highest BCUT2D eigenvalue weighted by Gasteiger charge is 2.60. The molecule has 2 amide bonds. The van der Waals surface area contributed by atoms with E-state index in [1.165, 1.54) is 0 Å². The van der Waals surface area contributed by atoms with E-state index in [0.717, 1.165) is 4.90 Å². The van der Waals surface area contributed by atoms with Crippen LogP contribution in [0.5, 0.6) is 0 Å². The van der Waals surface area contributed by atoms with Crippen molar-refractivity contribution in [3.8, 4) is 0 Å². The van der Waals surface area contributed by atoms with E-state index in [1.807, 2.05) is 30.3 Å². The lowest BCUT2D eigenvalue weighted by molar-refractivity contribution is -0.126. The third-order valence-electron chi connectivity index (χ3n) is 5.50. The molecule has 2 aliphatic heterocycles. The molecule has 0 unspecified atom stereocenters. The topological polar surface area (TPSA) is 49.9 Å². The van der Waals surface area contributed by atoms with E-state index < -0.39 is 29.9 Å². The van der Waals surface area contributed by atoms with Gasteiger partial charge >= 0.3 is 0 Å². The summed E-state index contributed by atoms with van der Waals surface area (Å²) in [6, 6.07) is 20.5. The van der Waals surface area contributed by atoms with E-state index in [9.17, 15) is 9.59 Å². The number of amides is 2. The first-order chi connectivity index (χ1) is 15.0. The Kier molecular flexibility index (Phi) is 5.15. The highest BCUT2D eigenvalue weighted by molar-refractivity contribution is 6.36. The molecule has 0 aliphatic carbocycles. The monoisotopic (exact) mass is 472 g/mol. The number of benzene rings is 3. The van der Waals surface area contributed by atoms with Crippen molar-refractivity contribution >= 4 is 58.0 Å². The molecular formula is C23H15Cl3N2O3. The molecule has 0 saturated carbocycles. The van der Waals surface area contributed by atoms with Crippen molar-refractivity contribution in [3.05, 3.63) is 93.4 Å². The Morgan fingerprint density at radius 3 is 2.19 bits per heavy atom. The third-order valence-corrected chi connectivity index (χ3v) is 6.38. The summed E-state index contributed by atoms with van der Waals surface area (Å²) in [4.78, 5) is 34.0. The average molecular weight is 474 g/mol. The predicted molar refractivity (Wildman–Crippen MR) is 120 cm³/mol. The fourth-order valence-corrected chi connectivity index (χ4v) is 4.88. The number of imide groups is 1. The van der Waals surface area contributed by atoms with Crippen molar-refractivity contribution < 1.29 is 14.4 Å². The molecule has 31 heavy (non-hydrogen) atoms. The summed E-state index contributed by atoms with van der Waals surface area (Å²) in [7, 11) is 0. The minimum Gasteiger partial charge on any atom is -0.273 e. The molecule has 3 aromatic carbocycles. The standard InChI is InChI=1S/C23H15Cl3N2O3/c24-13-10-11-15(17(26)12-13)20-19-21(31-28(20)14-6-2-1-3-7-14)23(30)27(22(19)29)18-9-5-4-8-16(18)25/h1-12,19-21H/t19-,20-,21+/m0/s1. The maximum atomic E-state index is 13.6. The molecule has 3 aromatic rings. The number of carbonyl (C=O) groups excluding carboxylic acids is 2. The number of nitrogens with zero attached hydrogens (tertiary/aromatic N) is 2. The van der Waals surface area contributed by atoms with Crippen LogP contribution in [0.2, 0.25) is 15.1 Å². The summed E-state index contributed by atoms with van der Waals surface area (Å²) in [6.07, 6.45) is -0.999. The Balaban J connectivity index is 1.63. The van der Waals surface area contributed by atoms with E-state index in [2.05, 4.69) is 0 Å². The minimum absolute atomic E-state index is 0.310. The summed E-state index contributed by atoms with van der Waals surface area (Å²) in [5.74, 6) is -1.66. The third kappa shape index (κ3) is 3.29. The van der Waals surface area contributed by atoms with Gasteiger partial charge in [-0.25, -0.2) is 9.96 Å². The normalized spacial score (nSPS) is 22.9.